The Labute approximate surface area is 194 Å². The van der Waals surface area contributed by atoms with Gasteiger partial charge < -0.3 is 20.5 Å². The second kappa shape index (κ2) is 12.0. The molecule has 0 fully saturated rings. The highest BCUT2D eigenvalue weighted by Crippen LogP contribution is 2.44. The average molecular weight is 453 g/mol. The molecule has 0 aromatic heterocycles. The molecule has 2 aromatic rings. The summed E-state index contributed by atoms with van der Waals surface area (Å²) in [5, 5.41) is 14.4. The molecule has 2 amide bonds. The summed E-state index contributed by atoms with van der Waals surface area (Å²) in [5.41, 5.74) is 4.38. The first-order valence-corrected chi connectivity index (χ1v) is 11.6. The smallest absolute Gasteiger partial charge is 0.407 e. The number of unbranched alkanes of at least 4 members (excludes halogenated alkanes) is 4. The molecule has 3 N–H and O–H groups in total. The molecule has 0 radical (unpaired) electrons. The molecule has 0 heterocycles. The third-order valence-corrected chi connectivity index (χ3v) is 5.94. The molecule has 1 aliphatic rings. The highest BCUT2D eigenvalue weighted by Gasteiger charge is 2.29. The van der Waals surface area contributed by atoms with Gasteiger partial charge in [-0.1, -0.05) is 81.1 Å². The van der Waals surface area contributed by atoms with Crippen LogP contribution in [0.4, 0.5) is 4.79 Å². The van der Waals surface area contributed by atoms with Crippen LogP contribution in [-0.4, -0.2) is 42.3 Å². The quantitative estimate of drug-likeness (QED) is 0.413. The molecular weight excluding hydrogens is 420 g/mol. The summed E-state index contributed by atoms with van der Waals surface area (Å²) in [6, 6.07) is 14.7. The molecule has 0 spiro atoms. The highest BCUT2D eigenvalue weighted by atomic mass is 16.5. The lowest BCUT2D eigenvalue weighted by atomic mass is 9.98. The molecule has 7 nitrogen and oxygen atoms in total. The van der Waals surface area contributed by atoms with Crippen LogP contribution in [-0.2, 0) is 14.3 Å². The van der Waals surface area contributed by atoms with Crippen molar-refractivity contribution in [3.8, 4) is 11.1 Å². The van der Waals surface area contributed by atoms with Gasteiger partial charge in [0.15, 0.2) is 0 Å². The Morgan fingerprint density at radius 2 is 1.55 bits per heavy atom. The van der Waals surface area contributed by atoms with Crippen LogP contribution in [0, 0.1) is 0 Å². The average Bonchev–Trinajstić information content (AvgIpc) is 3.14. The predicted octanol–water partition coefficient (Wildman–Crippen LogP) is 4.46. The lowest BCUT2D eigenvalue weighted by Crippen LogP contribution is -2.48. The molecule has 176 valence electrons. The summed E-state index contributed by atoms with van der Waals surface area (Å²) >= 11 is 0. The minimum Gasteiger partial charge on any atom is -0.480 e. The van der Waals surface area contributed by atoms with Crippen LogP contribution in [0.3, 0.4) is 0 Å². The fourth-order valence-electron chi connectivity index (χ4n) is 4.18. The number of hydrogen-bond acceptors (Lipinski definition) is 4. The molecule has 0 saturated heterocycles. The van der Waals surface area contributed by atoms with Crippen LogP contribution in [0.15, 0.2) is 48.5 Å². The zero-order valence-corrected chi connectivity index (χ0v) is 19.0. The first-order chi connectivity index (χ1) is 16.0. The number of carboxylic acid groups (broad SMARTS) is 1. The number of rotatable bonds is 12. The number of benzene rings is 2. The lowest BCUT2D eigenvalue weighted by molar-refractivity contribution is -0.139. The van der Waals surface area contributed by atoms with Gasteiger partial charge in [-0.2, -0.15) is 0 Å². The van der Waals surface area contributed by atoms with Gasteiger partial charge in [0, 0.05) is 18.9 Å². The van der Waals surface area contributed by atoms with Crippen molar-refractivity contribution in [1.29, 1.82) is 0 Å². The van der Waals surface area contributed by atoms with Gasteiger partial charge in [0.25, 0.3) is 0 Å². The van der Waals surface area contributed by atoms with Crippen molar-refractivity contribution in [2.45, 2.75) is 57.4 Å². The number of nitrogens with one attached hydrogen (secondary N) is 2. The van der Waals surface area contributed by atoms with E-state index in [2.05, 4.69) is 17.6 Å². The van der Waals surface area contributed by atoms with Gasteiger partial charge in [-0.25, -0.2) is 9.59 Å². The largest absolute Gasteiger partial charge is 0.480 e. The van der Waals surface area contributed by atoms with E-state index in [1.165, 1.54) is 0 Å². The van der Waals surface area contributed by atoms with Crippen molar-refractivity contribution in [3.05, 3.63) is 59.7 Å². The van der Waals surface area contributed by atoms with Crippen LogP contribution in [0.2, 0.25) is 0 Å². The second-order valence-electron chi connectivity index (χ2n) is 8.33. The Hall–Kier alpha value is -3.35. The fraction of sp³-hybridized carbons (Fsp3) is 0.423. The van der Waals surface area contributed by atoms with Gasteiger partial charge in [-0.05, 0) is 28.7 Å². The van der Waals surface area contributed by atoms with E-state index in [1.54, 1.807) is 0 Å². The van der Waals surface area contributed by atoms with Crippen molar-refractivity contribution in [1.82, 2.24) is 10.6 Å². The van der Waals surface area contributed by atoms with Crippen molar-refractivity contribution in [2.24, 2.45) is 0 Å². The van der Waals surface area contributed by atoms with E-state index in [0.29, 0.717) is 6.42 Å². The highest BCUT2D eigenvalue weighted by molar-refractivity contribution is 5.82. The van der Waals surface area contributed by atoms with E-state index in [4.69, 9.17) is 4.74 Å². The number of carbonyl (C=O) groups excluding carboxylic acids is 2. The first-order valence-electron chi connectivity index (χ1n) is 11.6. The number of amides is 2. The van der Waals surface area contributed by atoms with E-state index >= 15 is 0 Å². The van der Waals surface area contributed by atoms with Gasteiger partial charge in [-0.15, -0.1) is 0 Å². The molecule has 2 aromatic carbocycles. The summed E-state index contributed by atoms with van der Waals surface area (Å²) in [7, 11) is 0. The van der Waals surface area contributed by atoms with E-state index < -0.39 is 18.1 Å². The van der Waals surface area contributed by atoms with E-state index in [1.807, 2.05) is 48.5 Å². The van der Waals surface area contributed by atoms with Gasteiger partial charge in [-0.3, -0.25) is 4.79 Å². The third kappa shape index (κ3) is 6.57. The van der Waals surface area contributed by atoms with Gasteiger partial charge in [0.1, 0.15) is 12.6 Å². The summed E-state index contributed by atoms with van der Waals surface area (Å²) < 4.78 is 5.40. The van der Waals surface area contributed by atoms with Crippen molar-refractivity contribution in [3.63, 3.8) is 0 Å². The number of ether oxygens (including phenoxy) is 1. The van der Waals surface area contributed by atoms with Crippen molar-refractivity contribution >= 4 is 18.0 Å². The Kier molecular flexibility index (Phi) is 8.87. The molecule has 0 unspecified atom stereocenters. The minimum absolute atomic E-state index is 0.0936. The van der Waals surface area contributed by atoms with Gasteiger partial charge in [0.2, 0.25) is 5.91 Å². The number of fused-ring (bicyclic) bond motifs is 3. The van der Waals surface area contributed by atoms with E-state index in [9.17, 15) is 19.5 Å². The Morgan fingerprint density at radius 1 is 0.939 bits per heavy atom. The van der Waals surface area contributed by atoms with Crippen molar-refractivity contribution in [2.75, 3.05) is 13.2 Å². The monoisotopic (exact) mass is 452 g/mol. The molecule has 1 atom stereocenters. The predicted molar refractivity (Wildman–Crippen MR) is 126 cm³/mol. The van der Waals surface area contributed by atoms with Crippen molar-refractivity contribution < 1.29 is 24.2 Å². The summed E-state index contributed by atoms with van der Waals surface area (Å²) in [5.74, 6) is -1.56. The fourth-order valence-corrected chi connectivity index (χ4v) is 4.18. The van der Waals surface area contributed by atoms with E-state index in [-0.39, 0.29) is 25.0 Å². The molecule has 1 aliphatic carbocycles. The van der Waals surface area contributed by atoms with Crippen LogP contribution in [0.25, 0.3) is 11.1 Å². The number of carboxylic acids is 1. The maximum atomic E-state index is 12.3. The standard InChI is InChI=1S/C26H32N2O5/c1-2-3-4-5-6-15-24(29)27-16-23(25(30)31)28-26(32)33-17-22-20-13-9-7-11-18(20)19-12-8-10-14-21(19)22/h7-14,22-23H,2-6,15-17H2,1H3,(H,27,29)(H,28,32)(H,30,31)/t23-/m0/s1. The lowest BCUT2D eigenvalue weighted by Gasteiger charge is -2.18. The van der Waals surface area contributed by atoms with Gasteiger partial charge in [0.05, 0.1) is 0 Å². The zero-order chi connectivity index (χ0) is 23.6. The molecule has 0 saturated carbocycles. The molecule has 0 aliphatic heterocycles. The first kappa shape index (κ1) is 24.3. The minimum atomic E-state index is -1.26. The number of aliphatic carboxylic acids is 1. The normalized spacial score (nSPS) is 13.0. The number of alkyl carbamates (subject to hydrolysis) is 1. The molecular formula is C26H32N2O5. The van der Waals surface area contributed by atoms with Gasteiger partial charge >= 0.3 is 12.1 Å². The number of carbonyl (C=O) groups is 3. The van der Waals surface area contributed by atoms with Crippen LogP contribution in [0.1, 0.15) is 62.5 Å². The maximum absolute atomic E-state index is 12.3. The SMILES string of the molecule is CCCCCCCC(=O)NC[C@H](NC(=O)OCC1c2ccccc2-c2ccccc21)C(=O)O. The number of hydrogen-bond donors (Lipinski definition) is 3. The Bertz CT molecular complexity index is 929. The Balaban J connectivity index is 1.49. The maximum Gasteiger partial charge on any atom is 0.407 e. The molecule has 0 bridgehead atoms. The third-order valence-electron chi connectivity index (χ3n) is 5.94. The summed E-state index contributed by atoms with van der Waals surface area (Å²) in [6.07, 6.45) is 4.63. The summed E-state index contributed by atoms with van der Waals surface area (Å²) in [4.78, 5) is 35.9. The molecule has 3 rings (SSSR count). The topological polar surface area (TPSA) is 105 Å². The Morgan fingerprint density at radius 3 is 2.15 bits per heavy atom. The zero-order valence-electron chi connectivity index (χ0n) is 19.0. The van der Waals surface area contributed by atoms with Crippen LogP contribution >= 0.6 is 0 Å². The summed E-state index contributed by atoms with van der Waals surface area (Å²) in [6.45, 7) is 2.03. The van der Waals surface area contributed by atoms with E-state index in [0.717, 1.165) is 54.4 Å². The molecule has 33 heavy (non-hydrogen) atoms. The second-order valence-corrected chi connectivity index (χ2v) is 8.33. The molecule has 7 heteroatoms. The van der Waals surface area contributed by atoms with Crippen LogP contribution < -0.4 is 10.6 Å². The van der Waals surface area contributed by atoms with Crippen LogP contribution in [0.5, 0.6) is 0 Å².